The van der Waals surface area contributed by atoms with Crippen molar-refractivity contribution in [2.24, 2.45) is 0 Å². The zero-order chi connectivity index (χ0) is 8.27. The van der Waals surface area contributed by atoms with E-state index in [9.17, 15) is 9.46 Å². The van der Waals surface area contributed by atoms with Gasteiger partial charge in [-0.3, -0.25) is 4.98 Å². The second-order valence-corrected chi connectivity index (χ2v) is 3.01. The molecule has 0 radical (unpaired) electrons. The summed E-state index contributed by atoms with van der Waals surface area (Å²) in [7, 11) is -2.82. The molecule has 0 amide bonds. The van der Waals surface area contributed by atoms with Crippen molar-refractivity contribution in [1.29, 1.82) is 0 Å². The van der Waals surface area contributed by atoms with Crippen molar-refractivity contribution in [1.82, 2.24) is 4.98 Å². The van der Waals surface area contributed by atoms with E-state index in [0.717, 1.165) is 0 Å². The number of hydrogen-bond acceptors (Lipinski definition) is 4. The van der Waals surface area contributed by atoms with Gasteiger partial charge in [0.05, 0.1) is 0 Å². The second kappa shape index (κ2) is 3.53. The van der Waals surface area contributed by atoms with Crippen LogP contribution in [-0.2, 0) is 4.57 Å². The summed E-state index contributed by atoms with van der Waals surface area (Å²) in [5.41, 5.74) is 0.295. The average Bonchev–Trinajstić information content (AvgIpc) is 2.05. The van der Waals surface area contributed by atoms with Crippen LogP contribution in [0.25, 0.3) is 0 Å². The van der Waals surface area contributed by atoms with Crippen LogP contribution in [0.15, 0.2) is 24.5 Å². The van der Waals surface area contributed by atoms with Crippen molar-refractivity contribution < 1.29 is 14.6 Å². The summed E-state index contributed by atoms with van der Waals surface area (Å²) in [4.78, 5) is 13.9. The summed E-state index contributed by atoms with van der Waals surface area (Å²) < 4.78 is 10.3. The number of pyridine rings is 1. The van der Waals surface area contributed by atoms with E-state index >= 15 is 0 Å². The second-order valence-electron chi connectivity index (χ2n) is 1.95. The molecular formula is C6H6NO3P. The highest BCUT2D eigenvalue weighted by Crippen LogP contribution is 2.30. The third-order valence-corrected chi connectivity index (χ3v) is 1.88. The molecule has 1 aromatic heterocycles. The molecule has 0 fully saturated rings. The van der Waals surface area contributed by atoms with Crippen LogP contribution in [0.1, 0.15) is 11.4 Å². The third-order valence-electron chi connectivity index (χ3n) is 1.18. The molecule has 1 heterocycles. The minimum Gasteiger partial charge on any atom is -0.593 e. The molecule has 5 heteroatoms. The lowest BCUT2D eigenvalue weighted by molar-refractivity contribution is -0.172. The minimum absolute atomic E-state index is 0.295. The molecule has 0 aliphatic carbocycles. The van der Waals surface area contributed by atoms with E-state index < -0.39 is 13.9 Å². The zero-order valence-corrected chi connectivity index (χ0v) is 6.44. The molecule has 4 nitrogen and oxygen atoms in total. The van der Waals surface area contributed by atoms with Gasteiger partial charge in [-0.05, 0) is 12.1 Å². The van der Waals surface area contributed by atoms with Crippen LogP contribution in [0.4, 0.5) is 0 Å². The van der Waals surface area contributed by atoms with E-state index in [-0.39, 0.29) is 0 Å². The topological polar surface area (TPSA) is 73.2 Å². The Labute approximate surface area is 64.4 Å². The maximum absolute atomic E-state index is 10.3. The van der Waals surface area contributed by atoms with Gasteiger partial charge >= 0.3 is 8.03 Å². The first-order valence-corrected chi connectivity index (χ1v) is 4.18. The number of aromatic nitrogens is 1. The summed E-state index contributed by atoms with van der Waals surface area (Å²) in [5, 5.41) is 8.96. The highest BCUT2D eigenvalue weighted by molar-refractivity contribution is 7.36. The van der Waals surface area contributed by atoms with Gasteiger partial charge in [0.15, 0.2) is 0 Å². The quantitative estimate of drug-likeness (QED) is 0.644. The van der Waals surface area contributed by atoms with Crippen molar-refractivity contribution in [3.8, 4) is 0 Å². The van der Waals surface area contributed by atoms with E-state index in [1.807, 2.05) is 0 Å². The molecule has 2 unspecified atom stereocenters. The van der Waals surface area contributed by atoms with Gasteiger partial charge in [-0.2, -0.15) is 0 Å². The van der Waals surface area contributed by atoms with Gasteiger partial charge < -0.3 is 10.00 Å². The first kappa shape index (κ1) is 8.27. The van der Waals surface area contributed by atoms with Gasteiger partial charge in [-0.15, -0.1) is 0 Å². The SMILES string of the molecule is O=[P+]([O-])C(O)c1cccnc1. The van der Waals surface area contributed by atoms with Gasteiger partial charge in [-0.25, -0.2) is 0 Å². The number of rotatable bonds is 2. The molecule has 1 aromatic rings. The Morgan fingerprint density at radius 2 is 2.45 bits per heavy atom. The zero-order valence-electron chi connectivity index (χ0n) is 5.54. The maximum Gasteiger partial charge on any atom is 0.346 e. The van der Waals surface area contributed by atoms with Crippen LogP contribution < -0.4 is 4.89 Å². The summed E-state index contributed by atoms with van der Waals surface area (Å²) in [6.45, 7) is 0. The number of nitrogens with zero attached hydrogens (tertiary/aromatic N) is 1. The number of hydrogen-bond donors (Lipinski definition) is 1. The number of aliphatic hydroxyl groups is 1. The summed E-state index contributed by atoms with van der Waals surface area (Å²) in [5.74, 6) is -1.43. The van der Waals surface area contributed by atoms with Crippen molar-refractivity contribution >= 4 is 8.03 Å². The molecule has 0 saturated heterocycles. The largest absolute Gasteiger partial charge is 0.593 e. The van der Waals surface area contributed by atoms with E-state index in [0.29, 0.717) is 5.56 Å². The predicted molar refractivity (Wildman–Crippen MR) is 36.8 cm³/mol. The molecule has 2 atom stereocenters. The Morgan fingerprint density at radius 1 is 1.73 bits per heavy atom. The van der Waals surface area contributed by atoms with Gasteiger partial charge in [0.25, 0.3) is 5.85 Å². The fourth-order valence-electron chi connectivity index (χ4n) is 0.650. The fourth-order valence-corrected chi connectivity index (χ4v) is 1.05. The van der Waals surface area contributed by atoms with Crippen LogP contribution in [0.5, 0.6) is 0 Å². The molecule has 0 bridgehead atoms. The van der Waals surface area contributed by atoms with Crippen LogP contribution in [-0.4, -0.2) is 10.1 Å². The van der Waals surface area contributed by atoms with Crippen molar-refractivity contribution in [2.75, 3.05) is 0 Å². The highest BCUT2D eigenvalue weighted by Gasteiger charge is 2.19. The Hall–Kier alpha value is -0.830. The molecular weight excluding hydrogens is 165 g/mol. The highest BCUT2D eigenvalue weighted by atomic mass is 31.1. The maximum atomic E-state index is 10.3. The van der Waals surface area contributed by atoms with Crippen LogP contribution in [0, 0.1) is 0 Å². The lowest BCUT2D eigenvalue weighted by Crippen LogP contribution is -1.99. The van der Waals surface area contributed by atoms with E-state index in [1.165, 1.54) is 18.5 Å². The molecule has 0 aliphatic heterocycles. The Bertz CT molecular complexity index is 251. The van der Waals surface area contributed by atoms with Gasteiger partial charge in [0, 0.05) is 18.0 Å². The lowest BCUT2D eigenvalue weighted by atomic mass is 10.3. The first-order chi connectivity index (χ1) is 5.22. The normalized spacial score (nSPS) is 14.2. The lowest BCUT2D eigenvalue weighted by Gasteiger charge is -1.99. The van der Waals surface area contributed by atoms with Crippen molar-refractivity contribution in [2.45, 2.75) is 5.85 Å². The molecule has 11 heavy (non-hydrogen) atoms. The van der Waals surface area contributed by atoms with Crippen molar-refractivity contribution in [3.05, 3.63) is 30.1 Å². The standard InChI is InChI=1S/C6H6NO3P/c8-6(11(9)10)5-2-1-3-7-4-5/h1-4,6,8H. The average molecular weight is 171 g/mol. The summed E-state index contributed by atoms with van der Waals surface area (Å²) in [6, 6.07) is 3.07. The molecule has 58 valence electrons. The van der Waals surface area contributed by atoms with Crippen LogP contribution in [0.3, 0.4) is 0 Å². The molecule has 1 rings (SSSR count). The Morgan fingerprint density at radius 3 is 2.91 bits per heavy atom. The van der Waals surface area contributed by atoms with Gasteiger partial charge in [0.2, 0.25) is 0 Å². The monoisotopic (exact) mass is 171 g/mol. The first-order valence-electron chi connectivity index (χ1n) is 2.93. The Balaban J connectivity index is 2.85. The van der Waals surface area contributed by atoms with E-state index in [2.05, 4.69) is 4.98 Å². The van der Waals surface area contributed by atoms with Crippen molar-refractivity contribution in [3.63, 3.8) is 0 Å². The van der Waals surface area contributed by atoms with Gasteiger partial charge in [-0.1, -0.05) is 4.57 Å². The molecule has 0 aromatic carbocycles. The smallest absolute Gasteiger partial charge is 0.346 e. The molecule has 0 aliphatic rings. The van der Waals surface area contributed by atoms with Crippen LogP contribution >= 0.6 is 8.03 Å². The molecule has 0 saturated carbocycles. The van der Waals surface area contributed by atoms with Gasteiger partial charge in [0.1, 0.15) is 0 Å². The summed E-state index contributed by atoms with van der Waals surface area (Å²) >= 11 is 0. The fraction of sp³-hybridized carbons (Fsp3) is 0.167. The molecule has 1 N–H and O–H groups in total. The minimum atomic E-state index is -2.82. The summed E-state index contributed by atoms with van der Waals surface area (Å²) in [6.07, 6.45) is 2.82. The van der Waals surface area contributed by atoms with E-state index in [4.69, 9.17) is 5.11 Å². The third kappa shape index (κ3) is 2.05. The number of aliphatic hydroxyl groups excluding tert-OH is 1. The predicted octanol–water partition coefficient (Wildman–Crippen LogP) is 0.175. The Kier molecular flexibility index (Phi) is 2.65. The van der Waals surface area contributed by atoms with E-state index in [1.54, 1.807) is 6.07 Å². The van der Waals surface area contributed by atoms with Crippen LogP contribution in [0.2, 0.25) is 0 Å². The molecule has 0 spiro atoms.